The van der Waals surface area contributed by atoms with Gasteiger partial charge in [0.2, 0.25) is 0 Å². The molecule has 0 bridgehead atoms. The summed E-state index contributed by atoms with van der Waals surface area (Å²) in [6.45, 7) is 0. The maximum Gasteiger partial charge on any atom is 0.309 e. The summed E-state index contributed by atoms with van der Waals surface area (Å²) in [5.41, 5.74) is 0. The van der Waals surface area contributed by atoms with Crippen LogP contribution in [0.3, 0.4) is 0 Å². The molecule has 1 N–H and O–H groups in total. The standard InChI is InChI=1S/C10H11BrO4/c11-6-2-3-4(9(12)13)1-5-7(3)8(6)15-10(5)14/h3-8H,1-2H2,(H,12,13)/t3-,4-,5+,6+,7-,8-/m1/s1. The van der Waals surface area contributed by atoms with Gasteiger partial charge < -0.3 is 9.84 Å². The maximum atomic E-state index is 11.5. The van der Waals surface area contributed by atoms with Gasteiger partial charge in [0.15, 0.2) is 0 Å². The molecular weight excluding hydrogens is 264 g/mol. The molecule has 3 fully saturated rings. The Morgan fingerprint density at radius 3 is 2.87 bits per heavy atom. The highest BCUT2D eigenvalue weighted by Crippen LogP contribution is 2.57. The van der Waals surface area contributed by atoms with E-state index in [0.29, 0.717) is 6.42 Å². The minimum absolute atomic E-state index is 0.0863. The number of hydrogen-bond donors (Lipinski definition) is 1. The van der Waals surface area contributed by atoms with E-state index in [9.17, 15) is 9.59 Å². The Morgan fingerprint density at radius 1 is 1.47 bits per heavy atom. The summed E-state index contributed by atoms with van der Waals surface area (Å²) in [6.07, 6.45) is 1.20. The zero-order valence-electron chi connectivity index (χ0n) is 7.93. The van der Waals surface area contributed by atoms with Gasteiger partial charge in [-0.2, -0.15) is 0 Å². The summed E-state index contributed by atoms with van der Waals surface area (Å²) < 4.78 is 5.28. The number of alkyl halides is 1. The lowest BCUT2D eigenvalue weighted by Crippen LogP contribution is -2.21. The Balaban J connectivity index is 1.95. The first kappa shape index (κ1) is 9.63. The molecule has 6 atom stereocenters. The van der Waals surface area contributed by atoms with Gasteiger partial charge in [0.1, 0.15) is 6.10 Å². The summed E-state index contributed by atoms with van der Waals surface area (Å²) in [5.74, 6) is -1.21. The van der Waals surface area contributed by atoms with Crippen molar-refractivity contribution in [3.05, 3.63) is 0 Å². The van der Waals surface area contributed by atoms with Crippen molar-refractivity contribution in [3.8, 4) is 0 Å². The van der Waals surface area contributed by atoms with E-state index in [1.54, 1.807) is 0 Å². The number of halogens is 1. The number of ether oxygens (including phenoxy) is 1. The van der Waals surface area contributed by atoms with Gasteiger partial charge in [-0.15, -0.1) is 0 Å². The van der Waals surface area contributed by atoms with Crippen molar-refractivity contribution in [3.63, 3.8) is 0 Å². The Bertz CT molecular complexity index is 342. The second kappa shape index (κ2) is 2.97. The number of rotatable bonds is 1. The second-order valence-corrected chi connectivity index (χ2v) is 5.86. The van der Waals surface area contributed by atoms with Crippen LogP contribution in [0, 0.1) is 23.7 Å². The van der Waals surface area contributed by atoms with E-state index >= 15 is 0 Å². The third kappa shape index (κ3) is 1.13. The van der Waals surface area contributed by atoms with Crippen LogP contribution in [0.2, 0.25) is 0 Å². The SMILES string of the molecule is O=C1O[C@H]2[C@@H]3[C@H](C[C@@H]2Br)[C@H](C(=O)O)C[C@H]13. The molecule has 3 rings (SSSR count). The molecule has 0 spiro atoms. The highest BCUT2D eigenvalue weighted by Gasteiger charge is 2.63. The molecule has 2 saturated carbocycles. The Morgan fingerprint density at radius 2 is 2.20 bits per heavy atom. The minimum atomic E-state index is -0.762. The molecule has 1 saturated heterocycles. The average molecular weight is 275 g/mol. The molecule has 2 aliphatic carbocycles. The molecule has 4 nitrogen and oxygen atoms in total. The molecule has 0 aromatic rings. The predicted octanol–water partition coefficient (Wildman–Crippen LogP) is 1.03. The van der Waals surface area contributed by atoms with Gasteiger partial charge in [0.05, 0.1) is 16.7 Å². The van der Waals surface area contributed by atoms with E-state index in [1.165, 1.54) is 0 Å². The topological polar surface area (TPSA) is 63.6 Å². The van der Waals surface area contributed by atoms with Crippen LogP contribution >= 0.6 is 15.9 Å². The highest BCUT2D eigenvalue weighted by atomic mass is 79.9. The molecule has 3 aliphatic rings. The van der Waals surface area contributed by atoms with Crippen molar-refractivity contribution < 1.29 is 19.4 Å². The predicted molar refractivity (Wildman–Crippen MR) is 53.4 cm³/mol. The van der Waals surface area contributed by atoms with Crippen molar-refractivity contribution in [2.45, 2.75) is 23.8 Å². The normalized spacial score (nSPS) is 51.7. The lowest BCUT2D eigenvalue weighted by atomic mass is 9.91. The largest absolute Gasteiger partial charge is 0.481 e. The number of esters is 1. The number of carbonyl (C=O) groups is 2. The quantitative estimate of drug-likeness (QED) is 0.573. The number of carboxylic acid groups (broad SMARTS) is 1. The van der Waals surface area contributed by atoms with Crippen molar-refractivity contribution in [2.75, 3.05) is 0 Å². The van der Waals surface area contributed by atoms with E-state index in [-0.39, 0.29) is 40.6 Å². The number of aliphatic carboxylic acids is 1. The van der Waals surface area contributed by atoms with Crippen LogP contribution in [0.25, 0.3) is 0 Å². The summed E-state index contributed by atoms with van der Waals surface area (Å²) in [5, 5.41) is 9.09. The van der Waals surface area contributed by atoms with E-state index in [1.807, 2.05) is 0 Å². The third-order valence-corrected chi connectivity index (χ3v) is 4.98. The van der Waals surface area contributed by atoms with E-state index in [4.69, 9.17) is 9.84 Å². The van der Waals surface area contributed by atoms with Crippen LogP contribution in [-0.4, -0.2) is 28.0 Å². The van der Waals surface area contributed by atoms with Gasteiger partial charge in [0.25, 0.3) is 0 Å². The molecule has 0 aromatic carbocycles. The molecule has 15 heavy (non-hydrogen) atoms. The first-order chi connectivity index (χ1) is 7.09. The van der Waals surface area contributed by atoms with Crippen LogP contribution in [-0.2, 0) is 14.3 Å². The highest BCUT2D eigenvalue weighted by molar-refractivity contribution is 9.09. The van der Waals surface area contributed by atoms with E-state index in [0.717, 1.165) is 6.42 Å². The van der Waals surface area contributed by atoms with E-state index in [2.05, 4.69) is 15.9 Å². The Hall–Kier alpha value is -0.580. The van der Waals surface area contributed by atoms with Crippen molar-refractivity contribution >= 4 is 27.9 Å². The molecule has 0 aromatic heterocycles. The number of carboxylic acids is 1. The van der Waals surface area contributed by atoms with Gasteiger partial charge >= 0.3 is 11.9 Å². The van der Waals surface area contributed by atoms with Gasteiger partial charge in [-0.25, -0.2) is 0 Å². The molecule has 0 unspecified atom stereocenters. The lowest BCUT2D eigenvalue weighted by molar-refractivity contribution is -0.145. The van der Waals surface area contributed by atoms with Gasteiger partial charge in [0, 0.05) is 5.92 Å². The van der Waals surface area contributed by atoms with Gasteiger partial charge in [-0.1, -0.05) is 15.9 Å². The van der Waals surface area contributed by atoms with Crippen molar-refractivity contribution in [1.29, 1.82) is 0 Å². The third-order valence-electron chi connectivity index (χ3n) is 4.09. The first-order valence-corrected chi connectivity index (χ1v) is 6.08. The molecular formula is C10H11BrO4. The van der Waals surface area contributed by atoms with Crippen molar-refractivity contribution in [2.24, 2.45) is 23.7 Å². The summed E-state index contributed by atoms with van der Waals surface area (Å²) in [7, 11) is 0. The first-order valence-electron chi connectivity index (χ1n) is 5.17. The number of hydrogen-bond acceptors (Lipinski definition) is 3. The molecule has 82 valence electrons. The number of carbonyl (C=O) groups excluding carboxylic acids is 1. The van der Waals surface area contributed by atoms with Crippen LogP contribution in [0.4, 0.5) is 0 Å². The molecule has 5 heteroatoms. The Kier molecular flexibility index (Phi) is 1.90. The van der Waals surface area contributed by atoms with Crippen LogP contribution in [0.1, 0.15) is 12.8 Å². The fourth-order valence-electron chi connectivity index (χ4n) is 3.51. The lowest BCUT2D eigenvalue weighted by Gasteiger charge is -2.13. The zero-order chi connectivity index (χ0) is 10.7. The fourth-order valence-corrected chi connectivity index (χ4v) is 4.40. The second-order valence-electron chi connectivity index (χ2n) is 4.68. The van der Waals surface area contributed by atoms with Crippen LogP contribution < -0.4 is 0 Å². The van der Waals surface area contributed by atoms with Gasteiger partial charge in [-0.05, 0) is 18.8 Å². The molecule has 0 amide bonds. The molecule has 0 radical (unpaired) electrons. The fraction of sp³-hybridized carbons (Fsp3) is 0.800. The summed E-state index contributed by atoms with van der Waals surface area (Å²) in [4.78, 5) is 22.7. The van der Waals surface area contributed by atoms with Crippen molar-refractivity contribution in [1.82, 2.24) is 0 Å². The minimum Gasteiger partial charge on any atom is -0.481 e. The molecule has 1 aliphatic heterocycles. The smallest absolute Gasteiger partial charge is 0.309 e. The maximum absolute atomic E-state index is 11.5. The average Bonchev–Trinajstić information content (AvgIpc) is 2.73. The van der Waals surface area contributed by atoms with Crippen LogP contribution in [0.5, 0.6) is 0 Å². The summed E-state index contributed by atoms with van der Waals surface area (Å²) >= 11 is 3.48. The monoisotopic (exact) mass is 274 g/mol. The zero-order valence-corrected chi connectivity index (χ0v) is 9.51. The van der Waals surface area contributed by atoms with Crippen LogP contribution in [0.15, 0.2) is 0 Å². The Labute approximate surface area is 95.1 Å². The van der Waals surface area contributed by atoms with Gasteiger partial charge in [-0.3, -0.25) is 9.59 Å². The molecule has 1 heterocycles. The van der Waals surface area contributed by atoms with E-state index < -0.39 is 5.97 Å². The summed E-state index contributed by atoms with van der Waals surface area (Å²) in [6, 6.07) is 0.